The molecular weight excluding hydrogens is 1090 g/mol. The number of benzene rings is 12. The van der Waals surface area contributed by atoms with Crippen molar-refractivity contribution in [2.24, 2.45) is 0 Å². The van der Waals surface area contributed by atoms with Crippen molar-refractivity contribution in [1.29, 1.82) is 0 Å². The van der Waals surface area contributed by atoms with Gasteiger partial charge in [-0.15, -0.1) is 0 Å². The van der Waals surface area contributed by atoms with Crippen molar-refractivity contribution in [3.8, 4) is 33.4 Å². The molecule has 4 heteroatoms. The molecule has 4 nitrogen and oxygen atoms in total. The molecule has 0 saturated carbocycles. The van der Waals surface area contributed by atoms with Crippen molar-refractivity contribution in [1.82, 2.24) is 9.97 Å². The molecule has 90 heavy (non-hydrogen) atoms. The van der Waals surface area contributed by atoms with Crippen LogP contribution in [0.5, 0.6) is 0 Å². The van der Waals surface area contributed by atoms with Crippen LogP contribution < -0.4 is 9.80 Å². The fraction of sp³-hybridized carbons (Fsp3) is 0.0930. The highest BCUT2D eigenvalue weighted by Gasteiger charge is 2.43. The van der Waals surface area contributed by atoms with Gasteiger partial charge in [0.1, 0.15) is 11.6 Å². The van der Waals surface area contributed by atoms with Gasteiger partial charge in [-0.05, 0) is 197 Å². The molecule has 14 aromatic rings. The van der Waals surface area contributed by atoms with E-state index < -0.39 is 0 Å². The second-order valence-corrected chi connectivity index (χ2v) is 26.3. The van der Waals surface area contributed by atoms with Crippen molar-refractivity contribution in [3.63, 3.8) is 0 Å². The van der Waals surface area contributed by atoms with Crippen LogP contribution >= 0.6 is 0 Å². The predicted molar refractivity (Wildman–Crippen MR) is 378 cm³/mol. The number of para-hydroxylation sites is 2. The van der Waals surface area contributed by atoms with Crippen molar-refractivity contribution >= 4 is 102 Å². The van der Waals surface area contributed by atoms with E-state index in [9.17, 15) is 0 Å². The van der Waals surface area contributed by atoms with E-state index >= 15 is 0 Å². The van der Waals surface area contributed by atoms with Crippen LogP contribution in [0.3, 0.4) is 0 Å². The first-order valence-corrected chi connectivity index (χ1v) is 31.5. The molecule has 0 radical (unpaired) electrons. The van der Waals surface area contributed by atoms with Crippen LogP contribution in [0.1, 0.15) is 95.8 Å². The summed E-state index contributed by atoms with van der Waals surface area (Å²) in [6.45, 7) is 12.0. The molecule has 1 unspecified atom stereocenters. The minimum atomic E-state index is -0.381. The molecular formula is C86H62N4. The van der Waals surface area contributed by atoms with Gasteiger partial charge in [-0.3, -0.25) is 9.80 Å². The largest absolute Gasteiger partial charge is 0.294 e. The summed E-state index contributed by atoms with van der Waals surface area (Å²) in [5.74, 6) is 1.80. The Labute approximate surface area is 525 Å². The lowest BCUT2D eigenvalue weighted by Crippen LogP contribution is -2.22. The van der Waals surface area contributed by atoms with Crippen LogP contribution in [0, 0.1) is 0 Å². The lowest BCUT2D eigenvalue weighted by Gasteiger charge is -2.29. The molecule has 2 aromatic heterocycles. The van der Waals surface area contributed by atoms with Gasteiger partial charge in [0.25, 0.3) is 0 Å². The first-order chi connectivity index (χ1) is 43.9. The molecule has 3 aliphatic carbocycles. The minimum absolute atomic E-state index is 0.183. The highest BCUT2D eigenvalue weighted by molar-refractivity contribution is 6.03. The molecule has 12 aromatic carbocycles. The van der Waals surface area contributed by atoms with Gasteiger partial charge in [0.15, 0.2) is 0 Å². The molecule has 1 atom stereocenters. The normalized spacial score (nSPS) is 15.9. The Morgan fingerprint density at radius 1 is 0.344 bits per heavy atom. The number of rotatable bonds is 8. The summed E-state index contributed by atoms with van der Waals surface area (Å²) in [7, 11) is 0. The number of aromatic nitrogens is 2. The summed E-state index contributed by atoms with van der Waals surface area (Å²) >= 11 is 0. The van der Waals surface area contributed by atoms with E-state index in [4.69, 9.17) is 9.97 Å². The first kappa shape index (κ1) is 52.2. The molecule has 0 amide bonds. The maximum Gasteiger partial charge on any atom is 0.138 e. The highest BCUT2D eigenvalue weighted by Crippen LogP contribution is 2.57. The van der Waals surface area contributed by atoms with E-state index in [0.29, 0.717) is 0 Å². The molecule has 426 valence electrons. The second-order valence-electron chi connectivity index (χ2n) is 26.3. The maximum absolute atomic E-state index is 5.27. The Hall–Kier alpha value is -10.9. The molecule has 3 heterocycles. The summed E-state index contributed by atoms with van der Waals surface area (Å²) in [5.41, 5.74) is 27.5. The zero-order valence-corrected chi connectivity index (χ0v) is 50.9. The van der Waals surface area contributed by atoms with E-state index in [1.165, 1.54) is 116 Å². The number of pyridine rings is 2. The number of nitrogens with zero attached hydrogens (tertiary/aromatic N) is 4. The lowest BCUT2D eigenvalue weighted by molar-refractivity contribution is 0.660. The average molecular weight is 1150 g/mol. The summed E-state index contributed by atoms with van der Waals surface area (Å²) in [4.78, 5) is 15.2. The highest BCUT2D eigenvalue weighted by atomic mass is 15.2. The number of hydrogen-bond acceptors (Lipinski definition) is 4. The Morgan fingerprint density at radius 3 is 1.44 bits per heavy atom. The fourth-order valence-electron chi connectivity index (χ4n) is 15.8. The van der Waals surface area contributed by atoms with Gasteiger partial charge in [0, 0.05) is 49.2 Å². The summed E-state index contributed by atoms with van der Waals surface area (Å²) in [5, 5.41) is 7.07. The van der Waals surface area contributed by atoms with Gasteiger partial charge in [0.05, 0.1) is 22.4 Å². The third-order valence-electron chi connectivity index (χ3n) is 20.6. The van der Waals surface area contributed by atoms with E-state index in [0.717, 1.165) is 56.2 Å². The van der Waals surface area contributed by atoms with Gasteiger partial charge >= 0.3 is 0 Å². The number of hydrogen-bond donors (Lipinski definition) is 0. The summed E-state index contributed by atoms with van der Waals surface area (Å²) in [6, 6.07) is 96.7. The molecule has 0 fully saturated rings. The molecule has 18 rings (SSSR count). The standard InChI is InChI=1S/C86H62N4/c1-84(2)72-46-53(24-25-54-30-40-67-68-42-36-62(51-75(68)85(3,4)74(67)48-54)89(80-22-12-17-57-14-6-9-19-64(57)80)82-44-33-59-15-7-10-20-78(59)87-82)28-38-65(72)66-39-29-55(47-73(66)84)26-27-56-31-41-69-70-43-37-63-52-77(70)86(5,76(69)49-56)61-35-32-58-18-13-23-81(71(58)50-61)90(63)83-45-34-60-16-8-11-21-79(60)88-83/h6-52H,1-5H3/b25-24+,27-26+. The van der Waals surface area contributed by atoms with Gasteiger partial charge in [-0.2, -0.15) is 0 Å². The third-order valence-corrected chi connectivity index (χ3v) is 20.6. The van der Waals surface area contributed by atoms with E-state index in [-0.39, 0.29) is 16.2 Å². The molecule has 4 bridgehead atoms. The molecule has 0 spiro atoms. The van der Waals surface area contributed by atoms with Crippen molar-refractivity contribution in [3.05, 3.63) is 322 Å². The number of fused-ring (bicyclic) bond motifs is 15. The fourth-order valence-corrected chi connectivity index (χ4v) is 15.8. The average Bonchev–Trinajstić information content (AvgIpc) is 1.57. The second kappa shape index (κ2) is 19.3. The topological polar surface area (TPSA) is 32.3 Å². The summed E-state index contributed by atoms with van der Waals surface area (Å²) < 4.78 is 0. The Balaban J connectivity index is 0.621. The SMILES string of the molecule is CC1(C)c2cc(/C=C/c3ccc4c(c3)C(C)(C)c3cc(N(c5ccc6ccccc6n5)c5cccc6ccccc56)ccc3-4)ccc2-c2ccc(/C=C/c3ccc4c(c3)C3(C)c5ccc6cccc(c6c5)N(c5ccc6ccccc6n5)c5ccc-4c3c5)cc21. The quantitative estimate of drug-likeness (QED) is 0.142. The van der Waals surface area contributed by atoms with E-state index in [1.807, 2.05) is 0 Å². The van der Waals surface area contributed by atoms with Gasteiger partial charge in [-0.25, -0.2) is 9.97 Å². The first-order valence-electron chi connectivity index (χ1n) is 31.5. The van der Waals surface area contributed by atoms with Gasteiger partial charge in [-0.1, -0.05) is 228 Å². The zero-order valence-electron chi connectivity index (χ0n) is 50.9. The van der Waals surface area contributed by atoms with Crippen molar-refractivity contribution in [2.45, 2.75) is 50.9 Å². The monoisotopic (exact) mass is 1150 g/mol. The molecule has 0 saturated heterocycles. The zero-order chi connectivity index (χ0) is 60.2. The van der Waals surface area contributed by atoms with Crippen molar-refractivity contribution in [2.75, 3.05) is 9.80 Å². The van der Waals surface area contributed by atoms with E-state index in [2.05, 4.69) is 330 Å². The van der Waals surface area contributed by atoms with Crippen LogP contribution in [-0.2, 0) is 16.2 Å². The third kappa shape index (κ3) is 7.80. The van der Waals surface area contributed by atoms with Crippen LogP contribution in [0.4, 0.5) is 34.4 Å². The molecule has 4 aliphatic rings. The van der Waals surface area contributed by atoms with Crippen LogP contribution in [0.2, 0.25) is 0 Å². The van der Waals surface area contributed by atoms with E-state index in [1.54, 1.807) is 0 Å². The lowest BCUT2D eigenvalue weighted by atomic mass is 9.73. The maximum atomic E-state index is 5.27. The Kier molecular flexibility index (Phi) is 11.2. The van der Waals surface area contributed by atoms with Crippen LogP contribution in [0.25, 0.3) is 101 Å². The summed E-state index contributed by atoms with van der Waals surface area (Å²) in [6.07, 6.45) is 9.20. The Morgan fingerprint density at radius 2 is 0.811 bits per heavy atom. The van der Waals surface area contributed by atoms with Gasteiger partial charge in [0.2, 0.25) is 0 Å². The Bertz CT molecular complexity index is 5480. The molecule has 1 aliphatic heterocycles. The number of anilines is 6. The minimum Gasteiger partial charge on any atom is -0.294 e. The predicted octanol–water partition coefficient (Wildman–Crippen LogP) is 22.6. The van der Waals surface area contributed by atoms with Crippen molar-refractivity contribution < 1.29 is 0 Å². The van der Waals surface area contributed by atoms with Gasteiger partial charge < -0.3 is 0 Å². The smallest absolute Gasteiger partial charge is 0.138 e. The van der Waals surface area contributed by atoms with Crippen LogP contribution in [0.15, 0.2) is 261 Å². The van der Waals surface area contributed by atoms with Crippen LogP contribution in [-0.4, -0.2) is 9.97 Å². The molecule has 0 N–H and O–H groups in total.